The first-order valence-electron chi connectivity index (χ1n) is 5.90. The summed E-state index contributed by atoms with van der Waals surface area (Å²) in [6, 6.07) is 7.69. The van der Waals surface area contributed by atoms with Gasteiger partial charge in [0.1, 0.15) is 0 Å². The van der Waals surface area contributed by atoms with Gasteiger partial charge in [0.25, 0.3) is 0 Å². The largest absolute Gasteiger partial charge is 0.326 e. The van der Waals surface area contributed by atoms with Crippen LogP contribution in [0.3, 0.4) is 0 Å². The second kappa shape index (κ2) is 5.65. The molecule has 1 saturated heterocycles. The van der Waals surface area contributed by atoms with Crippen molar-refractivity contribution < 1.29 is 4.79 Å². The summed E-state index contributed by atoms with van der Waals surface area (Å²) in [6.45, 7) is 1.96. The van der Waals surface area contributed by atoms with Crippen molar-refractivity contribution in [3.63, 3.8) is 0 Å². The molecule has 0 aromatic heterocycles. The highest BCUT2D eigenvalue weighted by atomic mass is 79.9. The van der Waals surface area contributed by atoms with Crippen LogP contribution in [0.4, 0.5) is 5.69 Å². The van der Waals surface area contributed by atoms with Crippen LogP contribution in [0, 0.1) is 5.92 Å². The zero-order chi connectivity index (χ0) is 12.3. The Morgan fingerprint density at radius 1 is 1.41 bits per heavy atom. The first kappa shape index (κ1) is 12.6. The van der Waals surface area contributed by atoms with Gasteiger partial charge in [0.2, 0.25) is 5.91 Å². The molecule has 1 atom stereocenters. The normalized spacial score (nSPS) is 21.2. The Morgan fingerprint density at radius 2 is 2.12 bits per heavy atom. The van der Waals surface area contributed by atoms with Crippen LogP contribution in [-0.2, 0) is 4.79 Å². The van der Waals surface area contributed by atoms with Gasteiger partial charge in [-0.15, -0.1) is 0 Å². The summed E-state index contributed by atoms with van der Waals surface area (Å²) in [4.78, 5) is 14.3. The molecule has 0 radical (unpaired) electrons. The first-order chi connectivity index (χ1) is 8.15. The number of benzene rings is 1. The smallest absolute Gasteiger partial charge is 0.228 e. The topological polar surface area (TPSA) is 32.3 Å². The van der Waals surface area contributed by atoms with Gasteiger partial charge >= 0.3 is 0 Å². The van der Waals surface area contributed by atoms with E-state index in [1.54, 1.807) is 0 Å². The van der Waals surface area contributed by atoms with Crippen LogP contribution >= 0.6 is 15.9 Å². The van der Waals surface area contributed by atoms with Crippen LogP contribution in [0.5, 0.6) is 0 Å². The van der Waals surface area contributed by atoms with E-state index in [0.717, 1.165) is 36.1 Å². The van der Waals surface area contributed by atoms with Crippen LogP contribution in [0.25, 0.3) is 0 Å². The summed E-state index contributed by atoms with van der Waals surface area (Å²) >= 11 is 3.38. The maximum absolute atomic E-state index is 12.0. The van der Waals surface area contributed by atoms with Gasteiger partial charge in [-0.3, -0.25) is 4.79 Å². The lowest BCUT2D eigenvalue weighted by molar-refractivity contribution is -0.121. The Balaban J connectivity index is 1.94. The van der Waals surface area contributed by atoms with Gasteiger partial charge in [-0.2, -0.15) is 0 Å². The predicted octanol–water partition coefficient (Wildman–Crippen LogP) is 2.73. The SMILES string of the molecule is CN1CCCC(C(=O)Nc2ccc(Br)cc2)C1. The van der Waals surface area contributed by atoms with Gasteiger partial charge in [0.15, 0.2) is 0 Å². The number of nitrogens with one attached hydrogen (secondary N) is 1. The summed E-state index contributed by atoms with van der Waals surface area (Å²) < 4.78 is 1.02. The Hall–Kier alpha value is -0.870. The number of nitrogens with zero attached hydrogens (tertiary/aromatic N) is 1. The van der Waals surface area contributed by atoms with Gasteiger partial charge < -0.3 is 10.2 Å². The molecule has 0 saturated carbocycles. The van der Waals surface area contributed by atoms with E-state index in [4.69, 9.17) is 0 Å². The molecule has 1 aromatic rings. The lowest BCUT2D eigenvalue weighted by Gasteiger charge is -2.28. The van der Waals surface area contributed by atoms with E-state index in [2.05, 4.69) is 33.2 Å². The third kappa shape index (κ3) is 3.54. The third-order valence-corrected chi connectivity index (χ3v) is 3.64. The monoisotopic (exact) mass is 296 g/mol. The number of piperidine rings is 1. The second-order valence-corrected chi connectivity index (χ2v) is 5.51. The summed E-state index contributed by atoms with van der Waals surface area (Å²) in [5.41, 5.74) is 0.867. The van der Waals surface area contributed by atoms with Gasteiger partial charge in [-0.25, -0.2) is 0 Å². The fourth-order valence-electron chi connectivity index (χ4n) is 2.16. The van der Waals surface area contributed by atoms with E-state index < -0.39 is 0 Å². The third-order valence-electron chi connectivity index (χ3n) is 3.11. The molecule has 2 rings (SSSR count). The molecular weight excluding hydrogens is 280 g/mol. The van der Waals surface area contributed by atoms with Crippen molar-refractivity contribution in [2.45, 2.75) is 12.8 Å². The lowest BCUT2D eigenvalue weighted by Crippen LogP contribution is -2.38. The van der Waals surface area contributed by atoms with Gasteiger partial charge in [-0.1, -0.05) is 15.9 Å². The van der Waals surface area contributed by atoms with E-state index in [0.29, 0.717) is 0 Å². The quantitative estimate of drug-likeness (QED) is 0.910. The summed E-state index contributed by atoms with van der Waals surface area (Å²) in [6.07, 6.45) is 2.10. The Bertz CT molecular complexity index is 391. The molecule has 0 aliphatic carbocycles. The molecular formula is C13H17BrN2O. The molecule has 1 heterocycles. The van der Waals surface area contributed by atoms with Crippen LogP contribution in [0.1, 0.15) is 12.8 Å². The predicted molar refractivity (Wildman–Crippen MR) is 73.0 cm³/mol. The van der Waals surface area contributed by atoms with Crippen LogP contribution in [0.15, 0.2) is 28.7 Å². The minimum absolute atomic E-state index is 0.123. The highest BCUT2D eigenvalue weighted by molar-refractivity contribution is 9.10. The highest BCUT2D eigenvalue weighted by Gasteiger charge is 2.23. The number of hydrogen-bond donors (Lipinski definition) is 1. The van der Waals surface area contributed by atoms with E-state index >= 15 is 0 Å². The molecule has 4 heteroatoms. The number of halogens is 1. The maximum Gasteiger partial charge on any atom is 0.228 e. The average Bonchev–Trinajstić information content (AvgIpc) is 2.32. The number of carbonyl (C=O) groups is 1. The molecule has 1 amide bonds. The summed E-state index contributed by atoms with van der Waals surface area (Å²) in [5, 5.41) is 2.97. The fraction of sp³-hybridized carbons (Fsp3) is 0.462. The Kier molecular flexibility index (Phi) is 4.18. The van der Waals surface area contributed by atoms with E-state index in [1.165, 1.54) is 0 Å². The lowest BCUT2D eigenvalue weighted by atomic mass is 9.97. The number of carbonyl (C=O) groups excluding carboxylic acids is 1. The molecule has 17 heavy (non-hydrogen) atoms. The zero-order valence-corrected chi connectivity index (χ0v) is 11.5. The average molecular weight is 297 g/mol. The van der Waals surface area contributed by atoms with Crippen LogP contribution < -0.4 is 5.32 Å². The van der Waals surface area contributed by atoms with Crippen molar-refractivity contribution >= 4 is 27.5 Å². The van der Waals surface area contributed by atoms with Gasteiger partial charge in [0.05, 0.1) is 5.92 Å². The van der Waals surface area contributed by atoms with Crippen molar-refractivity contribution in [3.8, 4) is 0 Å². The zero-order valence-electron chi connectivity index (χ0n) is 9.95. The Morgan fingerprint density at radius 3 is 2.76 bits per heavy atom. The fourth-order valence-corrected chi connectivity index (χ4v) is 2.42. The molecule has 1 aromatic carbocycles. The minimum Gasteiger partial charge on any atom is -0.326 e. The van der Waals surface area contributed by atoms with Crippen molar-refractivity contribution in [1.29, 1.82) is 0 Å². The van der Waals surface area contributed by atoms with Crippen molar-refractivity contribution in [2.24, 2.45) is 5.92 Å². The molecule has 92 valence electrons. The van der Waals surface area contributed by atoms with Crippen molar-refractivity contribution in [1.82, 2.24) is 4.90 Å². The Labute approximate surface area is 110 Å². The standard InChI is InChI=1S/C13H17BrN2O/c1-16-8-2-3-10(9-16)13(17)15-12-6-4-11(14)5-7-12/h4-7,10H,2-3,8-9H2,1H3,(H,15,17). The van der Waals surface area contributed by atoms with E-state index in [9.17, 15) is 4.79 Å². The second-order valence-electron chi connectivity index (χ2n) is 4.60. The molecule has 3 nitrogen and oxygen atoms in total. The van der Waals surface area contributed by atoms with E-state index in [-0.39, 0.29) is 11.8 Å². The van der Waals surface area contributed by atoms with Gasteiger partial charge in [-0.05, 0) is 50.7 Å². The molecule has 1 aliphatic heterocycles. The maximum atomic E-state index is 12.0. The number of hydrogen-bond acceptors (Lipinski definition) is 2. The molecule has 1 aliphatic rings. The minimum atomic E-state index is 0.123. The molecule has 0 bridgehead atoms. The molecule has 1 unspecified atom stereocenters. The first-order valence-corrected chi connectivity index (χ1v) is 6.69. The van der Waals surface area contributed by atoms with Crippen LogP contribution in [0.2, 0.25) is 0 Å². The number of amides is 1. The number of likely N-dealkylation sites (tertiary alicyclic amines) is 1. The van der Waals surface area contributed by atoms with Crippen molar-refractivity contribution in [2.75, 3.05) is 25.5 Å². The molecule has 0 spiro atoms. The number of rotatable bonds is 2. The molecule has 1 N–H and O–H groups in total. The summed E-state index contributed by atoms with van der Waals surface area (Å²) in [7, 11) is 2.07. The van der Waals surface area contributed by atoms with E-state index in [1.807, 2.05) is 24.3 Å². The van der Waals surface area contributed by atoms with Gasteiger partial charge in [0, 0.05) is 16.7 Å². The van der Waals surface area contributed by atoms with Crippen LogP contribution in [-0.4, -0.2) is 30.9 Å². The van der Waals surface area contributed by atoms with Crippen molar-refractivity contribution in [3.05, 3.63) is 28.7 Å². The molecule has 1 fully saturated rings. The highest BCUT2D eigenvalue weighted by Crippen LogP contribution is 2.19. The number of anilines is 1. The summed E-state index contributed by atoms with van der Waals surface area (Å²) in [5.74, 6) is 0.260.